The first-order chi connectivity index (χ1) is 7.67. The summed E-state index contributed by atoms with van der Waals surface area (Å²) in [5.74, 6) is 0. The van der Waals surface area contributed by atoms with Gasteiger partial charge < -0.3 is 0 Å². The highest BCUT2D eigenvalue weighted by Gasteiger charge is 2.64. The molecule has 0 radical (unpaired) electrons. The lowest BCUT2D eigenvalue weighted by molar-refractivity contribution is -0.160. The van der Waals surface area contributed by atoms with Crippen molar-refractivity contribution in [1.29, 1.82) is 0 Å². The molecule has 0 aromatic heterocycles. The molecule has 0 nitrogen and oxygen atoms in total. The average molecular weight is 242 g/mol. The summed E-state index contributed by atoms with van der Waals surface area (Å²) in [4.78, 5) is 0. The topological polar surface area (TPSA) is 0 Å². The molecular formula is C14H17F3. The van der Waals surface area contributed by atoms with Crippen LogP contribution in [0.3, 0.4) is 0 Å². The van der Waals surface area contributed by atoms with E-state index in [-0.39, 0.29) is 18.3 Å². The van der Waals surface area contributed by atoms with Crippen LogP contribution in [-0.4, -0.2) is 6.18 Å². The number of benzene rings is 1. The van der Waals surface area contributed by atoms with E-state index in [4.69, 9.17) is 0 Å². The number of hydrogen-bond donors (Lipinski definition) is 0. The molecule has 17 heavy (non-hydrogen) atoms. The van der Waals surface area contributed by atoms with E-state index in [2.05, 4.69) is 20.8 Å². The van der Waals surface area contributed by atoms with E-state index in [1.165, 1.54) is 0 Å². The standard InChI is InChI=1S/C14H17F3/c1-12(2,3)10-4-6-11(7-5-10)13(8-9-13)14(15,16)17/h4-7H,8-9H2,1-3H3. The predicted molar refractivity (Wildman–Crippen MR) is 62.1 cm³/mol. The zero-order chi connectivity index (χ0) is 12.9. The molecular weight excluding hydrogens is 225 g/mol. The summed E-state index contributed by atoms with van der Waals surface area (Å²) >= 11 is 0. The fourth-order valence-corrected chi connectivity index (χ4v) is 2.15. The number of halogens is 3. The second-order valence-corrected chi connectivity index (χ2v) is 5.91. The van der Waals surface area contributed by atoms with Crippen LogP contribution in [0.4, 0.5) is 13.2 Å². The van der Waals surface area contributed by atoms with Crippen LogP contribution in [0.15, 0.2) is 24.3 Å². The summed E-state index contributed by atoms with van der Waals surface area (Å²) in [6.45, 7) is 6.16. The first-order valence-electron chi connectivity index (χ1n) is 5.85. The maximum Gasteiger partial charge on any atom is 0.398 e. The maximum absolute atomic E-state index is 12.9. The van der Waals surface area contributed by atoms with E-state index >= 15 is 0 Å². The third kappa shape index (κ3) is 2.07. The van der Waals surface area contributed by atoms with Crippen LogP contribution in [0.5, 0.6) is 0 Å². The Balaban J connectivity index is 2.32. The van der Waals surface area contributed by atoms with Gasteiger partial charge in [0.25, 0.3) is 0 Å². The largest absolute Gasteiger partial charge is 0.398 e. The van der Waals surface area contributed by atoms with Gasteiger partial charge in [0.1, 0.15) is 0 Å². The van der Waals surface area contributed by atoms with Gasteiger partial charge in [-0.1, -0.05) is 45.0 Å². The summed E-state index contributed by atoms with van der Waals surface area (Å²) in [6, 6.07) is 6.92. The van der Waals surface area contributed by atoms with E-state index < -0.39 is 11.6 Å². The Morgan fingerprint density at radius 1 is 0.941 bits per heavy atom. The van der Waals surface area contributed by atoms with Crippen LogP contribution in [0, 0.1) is 0 Å². The molecule has 1 aromatic rings. The molecule has 0 amide bonds. The molecule has 1 aliphatic carbocycles. The summed E-state index contributed by atoms with van der Waals surface area (Å²) in [7, 11) is 0. The second-order valence-electron chi connectivity index (χ2n) is 5.91. The molecule has 3 heteroatoms. The molecule has 1 aromatic carbocycles. The van der Waals surface area contributed by atoms with Crippen molar-refractivity contribution in [3.05, 3.63) is 35.4 Å². The lowest BCUT2D eigenvalue weighted by Gasteiger charge is -2.22. The molecule has 0 N–H and O–H groups in total. The second kappa shape index (κ2) is 3.50. The minimum atomic E-state index is -4.11. The van der Waals surface area contributed by atoms with E-state index in [1.54, 1.807) is 12.1 Å². The maximum atomic E-state index is 12.9. The average Bonchev–Trinajstić information content (AvgIpc) is 2.96. The smallest absolute Gasteiger partial charge is 0.170 e. The van der Waals surface area contributed by atoms with Crippen molar-refractivity contribution in [1.82, 2.24) is 0 Å². The van der Waals surface area contributed by atoms with Gasteiger partial charge in [0.15, 0.2) is 0 Å². The molecule has 0 aliphatic heterocycles. The van der Waals surface area contributed by atoms with Crippen molar-refractivity contribution in [3.63, 3.8) is 0 Å². The van der Waals surface area contributed by atoms with Gasteiger partial charge in [0.2, 0.25) is 0 Å². The van der Waals surface area contributed by atoms with E-state index in [0.717, 1.165) is 5.56 Å². The van der Waals surface area contributed by atoms with Crippen LogP contribution >= 0.6 is 0 Å². The third-order valence-electron chi connectivity index (χ3n) is 3.60. The molecule has 1 fully saturated rings. The van der Waals surface area contributed by atoms with Crippen LogP contribution in [0.1, 0.15) is 44.7 Å². The Morgan fingerprint density at radius 2 is 1.41 bits per heavy atom. The quantitative estimate of drug-likeness (QED) is 0.676. The Kier molecular flexibility index (Phi) is 2.57. The molecule has 1 saturated carbocycles. The minimum absolute atomic E-state index is 0.0204. The van der Waals surface area contributed by atoms with Crippen LogP contribution in [0.25, 0.3) is 0 Å². The van der Waals surface area contributed by atoms with E-state index in [1.807, 2.05) is 12.1 Å². The van der Waals surface area contributed by atoms with Gasteiger partial charge in [-0.2, -0.15) is 13.2 Å². The number of rotatable bonds is 1. The highest BCUT2D eigenvalue weighted by atomic mass is 19.4. The Morgan fingerprint density at radius 3 is 1.71 bits per heavy atom. The molecule has 0 heterocycles. The van der Waals surface area contributed by atoms with E-state index in [9.17, 15) is 13.2 Å². The van der Waals surface area contributed by atoms with Crippen molar-refractivity contribution in [3.8, 4) is 0 Å². The van der Waals surface area contributed by atoms with Crippen LogP contribution in [0.2, 0.25) is 0 Å². The van der Waals surface area contributed by atoms with Crippen LogP contribution in [-0.2, 0) is 10.8 Å². The van der Waals surface area contributed by atoms with Crippen LogP contribution < -0.4 is 0 Å². The van der Waals surface area contributed by atoms with Gasteiger partial charge >= 0.3 is 6.18 Å². The first kappa shape index (κ1) is 12.5. The van der Waals surface area contributed by atoms with Crippen molar-refractivity contribution in [2.75, 3.05) is 0 Å². The molecule has 0 spiro atoms. The fraction of sp³-hybridized carbons (Fsp3) is 0.571. The molecule has 0 bridgehead atoms. The Bertz CT molecular complexity index is 403. The summed E-state index contributed by atoms with van der Waals surface area (Å²) in [6.07, 6.45) is -3.66. The van der Waals surface area contributed by atoms with Gasteiger partial charge in [0.05, 0.1) is 5.41 Å². The van der Waals surface area contributed by atoms with Crippen molar-refractivity contribution in [2.45, 2.75) is 50.6 Å². The zero-order valence-corrected chi connectivity index (χ0v) is 10.4. The Hall–Kier alpha value is -0.990. The molecule has 2 rings (SSSR count). The summed E-state index contributed by atoms with van der Waals surface area (Å²) < 4.78 is 38.7. The van der Waals surface area contributed by atoms with Crippen molar-refractivity contribution < 1.29 is 13.2 Å². The monoisotopic (exact) mass is 242 g/mol. The molecule has 94 valence electrons. The van der Waals surface area contributed by atoms with Gasteiger partial charge in [-0.3, -0.25) is 0 Å². The van der Waals surface area contributed by atoms with Gasteiger partial charge in [-0.15, -0.1) is 0 Å². The van der Waals surface area contributed by atoms with E-state index in [0.29, 0.717) is 5.56 Å². The van der Waals surface area contributed by atoms with Gasteiger partial charge in [0, 0.05) is 0 Å². The SMILES string of the molecule is CC(C)(C)c1ccc(C2(C(F)(F)F)CC2)cc1. The fourth-order valence-electron chi connectivity index (χ4n) is 2.15. The minimum Gasteiger partial charge on any atom is -0.170 e. The summed E-state index contributed by atoms with van der Waals surface area (Å²) in [5, 5.41) is 0. The first-order valence-corrected chi connectivity index (χ1v) is 5.85. The number of hydrogen-bond acceptors (Lipinski definition) is 0. The van der Waals surface area contributed by atoms with Crippen molar-refractivity contribution in [2.24, 2.45) is 0 Å². The number of alkyl halides is 3. The van der Waals surface area contributed by atoms with Gasteiger partial charge in [-0.25, -0.2) is 0 Å². The van der Waals surface area contributed by atoms with Crippen molar-refractivity contribution >= 4 is 0 Å². The molecule has 1 aliphatic rings. The molecule has 0 atom stereocenters. The lowest BCUT2D eigenvalue weighted by Crippen LogP contribution is -2.28. The highest BCUT2D eigenvalue weighted by Crippen LogP contribution is 2.58. The molecule has 0 unspecified atom stereocenters. The normalized spacial score (nSPS) is 19.2. The lowest BCUT2D eigenvalue weighted by atomic mass is 9.85. The Labute approximate surface area is 99.8 Å². The molecule has 0 saturated heterocycles. The zero-order valence-electron chi connectivity index (χ0n) is 10.4. The highest BCUT2D eigenvalue weighted by molar-refractivity contribution is 5.37. The predicted octanol–water partition coefficient (Wildman–Crippen LogP) is 4.58. The third-order valence-corrected chi connectivity index (χ3v) is 3.60. The van der Waals surface area contributed by atoms with Gasteiger partial charge in [-0.05, 0) is 29.4 Å². The summed E-state index contributed by atoms with van der Waals surface area (Å²) in [5.41, 5.74) is -0.0890.